The van der Waals surface area contributed by atoms with Crippen LogP contribution in [0, 0.1) is 34.2 Å². The summed E-state index contributed by atoms with van der Waals surface area (Å²) in [7, 11) is 0. The minimum absolute atomic E-state index is 0.0158. The minimum Gasteiger partial charge on any atom is -0.454 e. The molecule has 0 heterocycles. The van der Waals surface area contributed by atoms with Crippen molar-refractivity contribution in [2.75, 3.05) is 0 Å². The summed E-state index contributed by atoms with van der Waals surface area (Å²) in [6.07, 6.45) is 0. The molecule has 0 N–H and O–H groups in total. The van der Waals surface area contributed by atoms with Gasteiger partial charge in [0.25, 0.3) is 5.69 Å². The smallest absolute Gasteiger partial charge is 0.269 e. The van der Waals surface area contributed by atoms with Crippen molar-refractivity contribution in [3.63, 3.8) is 0 Å². The van der Waals surface area contributed by atoms with E-state index in [1.165, 1.54) is 30.3 Å². The molecule has 0 spiro atoms. The second-order valence-electron chi connectivity index (χ2n) is 4.16. The lowest BCUT2D eigenvalue weighted by molar-refractivity contribution is -0.384. The van der Waals surface area contributed by atoms with Crippen molar-refractivity contribution in [2.45, 2.75) is 6.92 Å². The average Bonchev–Trinajstić information content (AvgIpc) is 2.45. The standard InChI is InChI=1S/C14H8BrFN2O3/c1-8-6-10(18(19)20)3-5-11(8)21-12-4-2-9(7-17)13(15)14(12)16/h2-6H,1H3. The highest BCUT2D eigenvalue weighted by Gasteiger charge is 2.15. The molecular weight excluding hydrogens is 343 g/mol. The van der Waals surface area contributed by atoms with Crippen LogP contribution in [-0.4, -0.2) is 4.92 Å². The van der Waals surface area contributed by atoms with Crippen molar-refractivity contribution in [1.29, 1.82) is 5.26 Å². The fourth-order valence-corrected chi connectivity index (χ4v) is 2.09. The zero-order valence-corrected chi connectivity index (χ0v) is 12.3. The summed E-state index contributed by atoms with van der Waals surface area (Å²) in [6.45, 7) is 1.62. The highest BCUT2D eigenvalue weighted by molar-refractivity contribution is 9.10. The first-order valence-corrected chi connectivity index (χ1v) is 6.54. The van der Waals surface area contributed by atoms with Gasteiger partial charge in [-0.05, 0) is 46.6 Å². The quantitative estimate of drug-likeness (QED) is 0.604. The van der Waals surface area contributed by atoms with Gasteiger partial charge in [0, 0.05) is 12.1 Å². The topological polar surface area (TPSA) is 76.2 Å². The van der Waals surface area contributed by atoms with Gasteiger partial charge in [0.2, 0.25) is 0 Å². The third-order valence-electron chi connectivity index (χ3n) is 2.76. The van der Waals surface area contributed by atoms with Gasteiger partial charge < -0.3 is 4.74 Å². The Bertz CT molecular complexity index is 772. The van der Waals surface area contributed by atoms with Gasteiger partial charge >= 0.3 is 0 Å². The first kappa shape index (κ1) is 14.9. The summed E-state index contributed by atoms with van der Waals surface area (Å²) < 4.78 is 19.5. The van der Waals surface area contributed by atoms with Crippen LogP contribution in [-0.2, 0) is 0 Å². The Labute approximate surface area is 127 Å². The Hall–Kier alpha value is -2.46. The summed E-state index contributed by atoms with van der Waals surface area (Å²) in [4.78, 5) is 10.1. The molecule has 2 rings (SSSR count). The van der Waals surface area contributed by atoms with Crippen LogP contribution in [0.25, 0.3) is 0 Å². The number of nitriles is 1. The number of rotatable bonds is 3. The number of nitro groups is 1. The van der Waals surface area contributed by atoms with E-state index in [9.17, 15) is 14.5 Å². The molecule has 0 atom stereocenters. The summed E-state index contributed by atoms with van der Waals surface area (Å²) in [6, 6.07) is 8.61. The van der Waals surface area contributed by atoms with E-state index in [-0.39, 0.29) is 21.5 Å². The van der Waals surface area contributed by atoms with E-state index in [2.05, 4.69) is 15.9 Å². The maximum Gasteiger partial charge on any atom is 0.269 e. The molecule has 0 saturated carbocycles. The van der Waals surface area contributed by atoms with Crippen LogP contribution in [0.3, 0.4) is 0 Å². The number of nitro benzene ring substituents is 1. The molecule has 2 aromatic rings. The lowest BCUT2D eigenvalue weighted by Gasteiger charge is -2.10. The molecule has 0 aliphatic rings. The maximum absolute atomic E-state index is 14.0. The van der Waals surface area contributed by atoms with Crippen LogP contribution < -0.4 is 4.74 Å². The highest BCUT2D eigenvalue weighted by atomic mass is 79.9. The molecule has 106 valence electrons. The molecule has 0 amide bonds. The van der Waals surface area contributed by atoms with E-state index in [1.807, 2.05) is 6.07 Å². The van der Waals surface area contributed by atoms with Gasteiger partial charge in [-0.2, -0.15) is 5.26 Å². The van der Waals surface area contributed by atoms with Crippen molar-refractivity contribution < 1.29 is 14.1 Å². The first-order chi connectivity index (χ1) is 9.93. The summed E-state index contributed by atoms with van der Waals surface area (Å²) in [5.74, 6) is -0.472. The van der Waals surface area contributed by atoms with E-state index in [1.54, 1.807) is 6.92 Å². The average molecular weight is 351 g/mol. The summed E-state index contributed by atoms with van der Waals surface area (Å²) in [5, 5.41) is 19.5. The predicted octanol–water partition coefficient (Wildman–Crippen LogP) is 4.47. The molecule has 0 unspecified atom stereocenters. The number of nitrogens with zero attached hydrogens (tertiary/aromatic N) is 2. The number of aryl methyl sites for hydroxylation is 1. The number of hydrogen-bond donors (Lipinski definition) is 0. The van der Waals surface area contributed by atoms with Gasteiger partial charge in [0.1, 0.15) is 11.8 Å². The van der Waals surface area contributed by atoms with Crippen molar-refractivity contribution >= 4 is 21.6 Å². The van der Waals surface area contributed by atoms with Gasteiger partial charge in [0.05, 0.1) is 15.0 Å². The number of non-ortho nitro benzene ring substituents is 1. The maximum atomic E-state index is 14.0. The molecule has 0 aliphatic carbocycles. The van der Waals surface area contributed by atoms with Gasteiger partial charge in [-0.15, -0.1) is 0 Å². The van der Waals surface area contributed by atoms with Crippen molar-refractivity contribution in [1.82, 2.24) is 0 Å². The van der Waals surface area contributed by atoms with Crippen molar-refractivity contribution in [3.8, 4) is 17.6 Å². The number of hydrogen-bond acceptors (Lipinski definition) is 4. The lowest BCUT2D eigenvalue weighted by atomic mass is 10.2. The Morgan fingerprint density at radius 2 is 2.00 bits per heavy atom. The third-order valence-corrected chi connectivity index (χ3v) is 3.53. The molecule has 5 nitrogen and oxygen atoms in total. The molecule has 2 aromatic carbocycles. The molecule has 0 radical (unpaired) electrons. The SMILES string of the molecule is Cc1cc([N+](=O)[O-])ccc1Oc1ccc(C#N)c(Br)c1F. The fraction of sp³-hybridized carbons (Fsp3) is 0.0714. The molecule has 0 saturated heterocycles. The second kappa shape index (κ2) is 5.89. The van der Waals surface area contributed by atoms with Crippen LogP contribution in [0.4, 0.5) is 10.1 Å². The van der Waals surface area contributed by atoms with Crippen LogP contribution in [0.15, 0.2) is 34.8 Å². The van der Waals surface area contributed by atoms with E-state index in [4.69, 9.17) is 10.00 Å². The van der Waals surface area contributed by atoms with Crippen molar-refractivity contribution in [3.05, 3.63) is 61.9 Å². The third kappa shape index (κ3) is 3.01. The highest BCUT2D eigenvalue weighted by Crippen LogP contribution is 2.33. The summed E-state index contributed by atoms with van der Waals surface area (Å²) >= 11 is 2.99. The Kier molecular flexibility index (Phi) is 4.19. The van der Waals surface area contributed by atoms with Gasteiger partial charge in [-0.25, -0.2) is 4.39 Å². The summed E-state index contributed by atoms with van der Waals surface area (Å²) in [5.41, 5.74) is 0.589. The van der Waals surface area contributed by atoms with Crippen LogP contribution in [0.1, 0.15) is 11.1 Å². The molecule has 21 heavy (non-hydrogen) atoms. The molecule has 0 aliphatic heterocycles. The van der Waals surface area contributed by atoms with E-state index in [0.29, 0.717) is 11.3 Å². The van der Waals surface area contributed by atoms with Crippen LogP contribution in [0.2, 0.25) is 0 Å². The Balaban J connectivity index is 2.37. The minimum atomic E-state index is -0.702. The molecule has 0 aromatic heterocycles. The van der Waals surface area contributed by atoms with E-state index in [0.717, 1.165) is 0 Å². The number of benzene rings is 2. The number of ether oxygens (including phenoxy) is 1. The van der Waals surface area contributed by atoms with Gasteiger partial charge in [-0.3, -0.25) is 10.1 Å². The van der Waals surface area contributed by atoms with Crippen LogP contribution in [0.5, 0.6) is 11.5 Å². The lowest BCUT2D eigenvalue weighted by Crippen LogP contribution is -1.95. The molecule has 7 heteroatoms. The van der Waals surface area contributed by atoms with E-state index >= 15 is 0 Å². The van der Waals surface area contributed by atoms with E-state index < -0.39 is 10.7 Å². The zero-order valence-electron chi connectivity index (χ0n) is 10.8. The second-order valence-corrected chi connectivity index (χ2v) is 4.95. The van der Waals surface area contributed by atoms with Crippen molar-refractivity contribution in [2.24, 2.45) is 0 Å². The largest absolute Gasteiger partial charge is 0.454 e. The molecule has 0 bridgehead atoms. The number of halogens is 2. The predicted molar refractivity (Wildman–Crippen MR) is 76.7 cm³/mol. The zero-order chi connectivity index (χ0) is 15.6. The molecule has 0 fully saturated rings. The molecular formula is C14H8BrFN2O3. The first-order valence-electron chi connectivity index (χ1n) is 5.75. The normalized spacial score (nSPS) is 10.0. The van der Waals surface area contributed by atoms with Gasteiger partial charge in [-0.1, -0.05) is 0 Å². The Morgan fingerprint density at radius 1 is 1.33 bits per heavy atom. The Morgan fingerprint density at radius 3 is 2.57 bits per heavy atom. The monoisotopic (exact) mass is 350 g/mol. The van der Waals surface area contributed by atoms with Crippen LogP contribution >= 0.6 is 15.9 Å². The van der Waals surface area contributed by atoms with Gasteiger partial charge in [0.15, 0.2) is 11.6 Å². The fourth-order valence-electron chi connectivity index (χ4n) is 1.68.